The molecule has 1 aliphatic rings. The molecule has 0 unspecified atom stereocenters. The molecule has 0 radical (unpaired) electrons. The molecule has 0 aromatic heterocycles. The third-order valence-corrected chi connectivity index (χ3v) is 7.08. The molecule has 2 rings (SSSR count). The molecular weight excluding hydrogens is 338 g/mol. The fraction of sp³-hybridized carbons (Fsp3) is 0.571. The Labute approximate surface area is 138 Å². The van der Waals surface area contributed by atoms with Gasteiger partial charge in [-0.25, -0.2) is 21.6 Å². The highest BCUT2D eigenvalue weighted by Crippen LogP contribution is 2.26. The second-order valence-electron chi connectivity index (χ2n) is 6.37. The number of benzene rings is 1. The lowest BCUT2D eigenvalue weighted by Gasteiger charge is -2.21. The van der Waals surface area contributed by atoms with Gasteiger partial charge in [-0.3, -0.25) is 0 Å². The van der Waals surface area contributed by atoms with E-state index in [9.17, 15) is 16.8 Å². The van der Waals surface area contributed by atoms with Crippen LogP contribution in [-0.4, -0.2) is 46.3 Å². The number of hydrogen-bond donors (Lipinski definition) is 2. The standard InChI is InChI=1S/C14H23N3O4S2/c1-14(2,15)11-16-22(18,19)12-7-3-4-8-13(12)23(20,21)17-9-5-6-10-17/h3-4,7-8,16H,5-6,9-11,15H2,1-2H3. The van der Waals surface area contributed by atoms with Gasteiger partial charge >= 0.3 is 0 Å². The molecule has 7 nitrogen and oxygen atoms in total. The van der Waals surface area contributed by atoms with Gasteiger partial charge in [0.2, 0.25) is 20.0 Å². The molecule has 0 amide bonds. The van der Waals surface area contributed by atoms with Crippen molar-refractivity contribution in [3.8, 4) is 0 Å². The Morgan fingerprint density at radius 1 is 1.09 bits per heavy atom. The lowest BCUT2D eigenvalue weighted by atomic mass is 10.1. The van der Waals surface area contributed by atoms with Crippen LogP contribution in [0.15, 0.2) is 34.1 Å². The molecule has 130 valence electrons. The van der Waals surface area contributed by atoms with E-state index in [4.69, 9.17) is 5.73 Å². The molecule has 1 fully saturated rings. The number of hydrogen-bond acceptors (Lipinski definition) is 5. The quantitative estimate of drug-likeness (QED) is 0.766. The van der Waals surface area contributed by atoms with Crippen molar-refractivity contribution in [3.63, 3.8) is 0 Å². The fourth-order valence-electron chi connectivity index (χ4n) is 2.31. The summed E-state index contributed by atoms with van der Waals surface area (Å²) in [5.74, 6) is 0. The van der Waals surface area contributed by atoms with Crippen LogP contribution < -0.4 is 10.5 Å². The Morgan fingerprint density at radius 2 is 1.61 bits per heavy atom. The molecule has 0 atom stereocenters. The van der Waals surface area contributed by atoms with Gasteiger partial charge in [0.05, 0.1) is 0 Å². The van der Waals surface area contributed by atoms with E-state index in [1.165, 1.54) is 28.6 Å². The van der Waals surface area contributed by atoms with Crippen molar-refractivity contribution in [2.45, 2.75) is 42.0 Å². The predicted molar refractivity (Wildman–Crippen MR) is 87.9 cm³/mol. The molecule has 0 aliphatic carbocycles. The van der Waals surface area contributed by atoms with E-state index in [-0.39, 0.29) is 16.3 Å². The first-order valence-electron chi connectivity index (χ1n) is 7.42. The number of nitrogens with zero attached hydrogens (tertiary/aromatic N) is 1. The predicted octanol–water partition coefficient (Wildman–Crippen LogP) is 0.487. The Hall–Kier alpha value is -1.00. The van der Waals surface area contributed by atoms with Gasteiger partial charge in [0.25, 0.3) is 0 Å². The minimum atomic E-state index is -3.97. The minimum Gasteiger partial charge on any atom is -0.324 e. The van der Waals surface area contributed by atoms with Gasteiger partial charge in [-0.1, -0.05) is 12.1 Å². The van der Waals surface area contributed by atoms with Crippen LogP contribution in [0.1, 0.15) is 26.7 Å². The summed E-state index contributed by atoms with van der Waals surface area (Å²) in [5.41, 5.74) is 5.05. The third kappa shape index (κ3) is 4.30. The van der Waals surface area contributed by atoms with Crippen LogP contribution in [0.2, 0.25) is 0 Å². The molecule has 0 spiro atoms. The SMILES string of the molecule is CC(C)(N)CNS(=O)(=O)c1ccccc1S(=O)(=O)N1CCCC1. The van der Waals surface area contributed by atoms with Gasteiger partial charge in [-0.15, -0.1) is 0 Å². The summed E-state index contributed by atoms with van der Waals surface area (Å²) >= 11 is 0. The summed E-state index contributed by atoms with van der Waals surface area (Å²) in [5, 5.41) is 0. The monoisotopic (exact) mass is 361 g/mol. The van der Waals surface area contributed by atoms with Gasteiger partial charge in [-0.2, -0.15) is 4.31 Å². The van der Waals surface area contributed by atoms with Crippen molar-refractivity contribution in [3.05, 3.63) is 24.3 Å². The highest BCUT2D eigenvalue weighted by molar-refractivity contribution is 7.92. The van der Waals surface area contributed by atoms with Gasteiger partial charge in [-0.05, 0) is 38.8 Å². The second kappa shape index (κ2) is 6.48. The summed E-state index contributed by atoms with van der Waals surface area (Å²) in [4.78, 5) is -0.430. The summed E-state index contributed by atoms with van der Waals surface area (Å²) < 4.78 is 54.2. The van der Waals surface area contributed by atoms with Crippen molar-refractivity contribution in [1.29, 1.82) is 0 Å². The van der Waals surface area contributed by atoms with Crippen LogP contribution in [0.25, 0.3) is 0 Å². The van der Waals surface area contributed by atoms with E-state index < -0.39 is 25.6 Å². The van der Waals surface area contributed by atoms with Crippen LogP contribution in [-0.2, 0) is 20.0 Å². The van der Waals surface area contributed by atoms with E-state index in [0.717, 1.165) is 12.8 Å². The van der Waals surface area contributed by atoms with Crippen LogP contribution in [0.4, 0.5) is 0 Å². The van der Waals surface area contributed by atoms with Crippen molar-refractivity contribution in [2.75, 3.05) is 19.6 Å². The number of nitrogens with one attached hydrogen (secondary N) is 1. The van der Waals surface area contributed by atoms with Crippen LogP contribution in [0.5, 0.6) is 0 Å². The minimum absolute atomic E-state index is 0.00737. The lowest BCUT2D eigenvalue weighted by Crippen LogP contribution is -2.45. The van der Waals surface area contributed by atoms with Crippen molar-refractivity contribution >= 4 is 20.0 Å². The molecule has 1 aliphatic heterocycles. The Bertz CT molecular complexity index is 761. The van der Waals surface area contributed by atoms with E-state index in [1.54, 1.807) is 13.8 Å². The maximum atomic E-state index is 12.7. The average molecular weight is 361 g/mol. The van der Waals surface area contributed by atoms with Crippen molar-refractivity contribution in [2.24, 2.45) is 5.73 Å². The fourth-order valence-corrected chi connectivity index (χ4v) is 5.85. The zero-order chi connectivity index (χ0) is 17.3. The van der Waals surface area contributed by atoms with E-state index in [2.05, 4.69) is 4.72 Å². The van der Waals surface area contributed by atoms with Gasteiger partial charge in [0.15, 0.2) is 0 Å². The summed E-state index contributed by atoms with van der Waals surface area (Å²) in [6, 6.07) is 5.66. The molecule has 3 N–H and O–H groups in total. The smallest absolute Gasteiger partial charge is 0.244 e. The molecule has 9 heteroatoms. The Morgan fingerprint density at radius 3 is 2.13 bits per heavy atom. The summed E-state index contributed by atoms with van der Waals surface area (Å²) in [6.45, 7) is 4.21. The van der Waals surface area contributed by atoms with Gasteiger partial charge < -0.3 is 5.73 Å². The van der Waals surface area contributed by atoms with Gasteiger partial charge in [0.1, 0.15) is 9.79 Å². The Balaban J connectivity index is 2.41. The van der Waals surface area contributed by atoms with Crippen molar-refractivity contribution < 1.29 is 16.8 Å². The van der Waals surface area contributed by atoms with Gasteiger partial charge in [0, 0.05) is 25.2 Å². The summed E-state index contributed by atoms with van der Waals surface area (Å²) in [7, 11) is -7.80. The first kappa shape index (κ1) is 18.3. The zero-order valence-electron chi connectivity index (χ0n) is 13.3. The molecule has 0 bridgehead atoms. The molecular formula is C14H23N3O4S2. The molecule has 1 aromatic rings. The molecule has 1 aromatic carbocycles. The number of sulfonamides is 2. The third-order valence-electron chi connectivity index (χ3n) is 3.54. The maximum absolute atomic E-state index is 12.7. The topological polar surface area (TPSA) is 110 Å². The summed E-state index contributed by atoms with van der Waals surface area (Å²) in [6.07, 6.45) is 1.57. The molecule has 1 heterocycles. The Kier molecular flexibility index (Phi) is 5.17. The second-order valence-corrected chi connectivity index (χ2v) is 10.0. The first-order valence-corrected chi connectivity index (χ1v) is 10.3. The molecule has 1 saturated heterocycles. The van der Waals surface area contributed by atoms with Crippen LogP contribution >= 0.6 is 0 Å². The van der Waals surface area contributed by atoms with E-state index in [1.807, 2.05) is 0 Å². The van der Waals surface area contributed by atoms with Crippen LogP contribution in [0, 0.1) is 0 Å². The highest BCUT2D eigenvalue weighted by Gasteiger charge is 2.32. The van der Waals surface area contributed by atoms with E-state index in [0.29, 0.717) is 13.1 Å². The van der Waals surface area contributed by atoms with Crippen molar-refractivity contribution in [1.82, 2.24) is 9.03 Å². The first-order chi connectivity index (χ1) is 10.5. The normalized spacial score (nSPS) is 17.5. The lowest BCUT2D eigenvalue weighted by molar-refractivity contribution is 0.474. The zero-order valence-corrected chi connectivity index (χ0v) is 15.0. The molecule has 0 saturated carbocycles. The number of rotatable bonds is 6. The maximum Gasteiger partial charge on any atom is 0.244 e. The van der Waals surface area contributed by atoms with E-state index >= 15 is 0 Å². The molecule has 23 heavy (non-hydrogen) atoms. The van der Waals surface area contributed by atoms with Crippen LogP contribution in [0.3, 0.4) is 0 Å². The highest BCUT2D eigenvalue weighted by atomic mass is 32.2. The average Bonchev–Trinajstić information content (AvgIpc) is 2.99. The number of nitrogens with two attached hydrogens (primary N) is 1. The largest absolute Gasteiger partial charge is 0.324 e.